The number of nitrogens with two attached hydrogens (primary N) is 1. The minimum Gasteiger partial charge on any atom is -0.462 e. The second-order valence-electron chi connectivity index (χ2n) is 4.27. The van der Waals surface area contributed by atoms with Crippen LogP contribution in [0.3, 0.4) is 0 Å². The smallest absolute Gasteiger partial charge is 0.309 e. The lowest BCUT2D eigenvalue weighted by Crippen LogP contribution is -2.31. The van der Waals surface area contributed by atoms with E-state index in [1.165, 1.54) is 0 Å². The van der Waals surface area contributed by atoms with E-state index >= 15 is 0 Å². The molecule has 2 N–H and O–H groups in total. The highest BCUT2D eigenvalue weighted by molar-refractivity contribution is 5.72. The third-order valence-corrected chi connectivity index (χ3v) is 3.00. The molecule has 0 saturated heterocycles. The number of carbonyl (C=O) groups excluding carboxylic acids is 1. The van der Waals surface area contributed by atoms with Gasteiger partial charge in [0.05, 0.1) is 12.0 Å². The van der Waals surface area contributed by atoms with E-state index in [0.717, 1.165) is 32.1 Å². The molecule has 1 saturated carbocycles. The summed E-state index contributed by atoms with van der Waals surface area (Å²) in [6.07, 6.45) is 4.66. The topological polar surface area (TPSA) is 52.3 Å². The molecule has 0 aromatic heterocycles. The van der Waals surface area contributed by atoms with Gasteiger partial charge in [0.15, 0.2) is 0 Å². The summed E-state index contributed by atoms with van der Waals surface area (Å²) in [4.78, 5) is 11.6. The van der Waals surface area contributed by atoms with Crippen LogP contribution in [-0.4, -0.2) is 18.1 Å². The maximum absolute atomic E-state index is 11.6. The minimum atomic E-state index is -0.0220. The maximum Gasteiger partial charge on any atom is 0.309 e. The second-order valence-corrected chi connectivity index (χ2v) is 4.27. The van der Waals surface area contributed by atoms with Crippen LogP contribution in [0.15, 0.2) is 0 Å². The molecule has 0 aromatic carbocycles. The molecule has 0 aliphatic heterocycles. The van der Waals surface area contributed by atoms with Gasteiger partial charge in [0.25, 0.3) is 0 Å². The molecule has 3 heteroatoms. The fourth-order valence-corrected chi connectivity index (χ4v) is 1.73. The Bertz CT molecular complexity index is 186. The molecule has 0 radical (unpaired) electrons. The van der Waals surface area contributed by atoms with Gasteiger partial charge < -0.3 is 10.5 Å². The van der Waals surface area contributed by atoms with Crippen LogP contribution in [0.5, 0.6) is 0 Å². The van der Waals surface area contributed by atoms with Crippen LogP contribution in [-0.2, 0) is 9.53 Å². The van der Waals surface area contributed by atoms with Crippen molar-refractivity contribution in [3.8, 4) is 0 Å². The Morgan fingerprint density at radius 2 is 2.00 bits per heavy atom. The molecule has 3 nitrogen and oxygen atoms in total. The van der Waals surface area contributed by atoms with Gasteiger partial charge in [-0.15, -0.1) is 0 Å². The lowest BCUT2D eigenvalue weighted by Gasteiger charge is -2.25. The summed E-state index contributed by atoms with van der Waals surface area (Å²) in [6.45, 7) is 3.96. The zero-order valence-corrected chi connectivity index (χ0v) is 9.16. The van der Waals surface area contributed by atoms with E-state index in [9.17, 15) is 4.79 Å². The van der Waals surface area contributed by atoms with E-state index in [1.807, 2.05) is 13.8 Å². The summed E-state index contributed by atoms with van der Waals surface area (Å²) >= 11 is 0. The first-order valence-electron chi connectivity index (χ1n) is 5.59. The molecule has 1 rings (SSSR count). The van der Waals surface area contributed by atoms with E-state index in [2.05, 4.69) is 0 Å². The Morgan fingerprint density at radius 1 is 1.43 bits per heavy atom. The van der Waals surface area contributed by atoms with Gasteiger partial charge in [0.1, 0.15) is 0 Å². The van der Waals surface area contributed by atoms with Crippen LogP contribution in [0.1, 0.15) is 46.0 Å². The minimum absolute atomic E-state index is 0.0220. The standard InChI is InChI=1S/C11H21NO2/c1-3-8(2)14-11(13)9-4-6-10(12)7-5-9/h8-10H,3-7,12H2,1-2H3. The van der Waals surface area contributed by atoms with Crippen LogP contribution >= 0.6 is 0 Å². The van der Waals surface area contributed by atoms with Crippen LogP contribution in [0, 0.1) is 5.92 Å². The third-order valence-electron chi connectivity index (χ3n) is 3.00. The van der Waals surface area contributed by atoms with Crippen molar-refractivity contribution in [3.05, 3.63) is 0 Å². The largest absolute Gasteiger partial charge is 0.462 e. The first-order chi connectivity index (χ1) is 6.63. The van der Waals surface area contributed by atoms with Crippen molar-refractivity contribution in [1.29, 1.82) is 0 Å². The predicted molar refractivity (Wildman–Crippen MR) is 55.8 cm³/mol. The molecule has 14 heavy (non-hydrogen) atoms. The second kappa shape index (κ2) is 5.35. The van der Waals surface area contributed by atoms with Gasteiger partial charge in [-0.05, 0) is 39.0 Å². The summed E-state index contributed by atoms with van der Waals surface area (Å²) in [5.41, 5.74) is 5.77. The normalized spacial score (nSPS) is 29.6. The quantitative estimate of drug-likeness (QED) is 0.706. The fourth-order valence-electron chi connectivity index (χ4n) is 1.73. The van der Waals surface area contributed by atoms with Crippen molar-refractivity contribution in [3.63, 3.8) is 0 Å². The zero-order chi connectivity index (χ0) is 10.6. The van der Waals surface area contributed by atoms with Gasteiger partial charge >= 0.3 is 5.97 Å². The summed E-state index contributed by atoms with van der Waals surface area (Å²) < 4.78 is 5.29. The molecule has 0 aromatic rings. The Morgan fingerprint density at radius 3 is 2.50 bits per heavy atom. The Hall–Kier alpha value is -0.570. The molecule has 1 atom stereocenters. The van der Waals surface area contributed by atoms with E-state index in [-0.39, 0.29) is 18.0 Å². The predicted octanol–water partition coefficient (Wildman–Crippen LogP) is 1.85. The average molecular weight is 199 g/mol. The molecule has 0 heterocycles. The van der Waals surface area contributed by atoms with E-state index < -0.39 is 0 Å². The van der Waals surface area contributed by atoms with Gasteiger partial charge in [-0.25, -0.2) is 0 Å². The van der Waals surface area contributed by atoms with Crippen LogP contribution in [0.4, 0.5) is 0 Å². The maximum atomic E-state index is 11.6. The number of ether oxygens (including phenoxy) is 1. The summed E-state index contributed by atoms with van der Waals surface area (Å²) in [5.74, 6) is 0.0788. The lowest BCUT2D eigenvalue weighted by atomic mass is 9.86. The monoisotopic (exact) mass is 199 g/mol. The molecule has 82 valence electrons. The SMILES string of the molecule is CCC(C)OC(=O)C1CCC(N)CC1. The van der Waals surface area contributed by atoms with E-state index in [0.29, 0.717) is 6.04 Å². The number of carbonyl (C=O) groups is 1. The average Bonchev–Trinajstić information content (AvgIpc) is 2.18. The Balaban J connectivity index is 2.30. The first kappa shape index (κ1) is 11.5. The van der Waals surface area contributed by atoms with Crippen LogP contribution in [0.2, 0.25) is 0 Å². The van der Waals surface area contributed by atoms with E-state index in [4.69, 9.17) is 10.5 Å². The Kier molecular flexibility index (Phi) is 4.39. The number of hydrogen-bond acceptors (Lipinski definition) is 3. The lowest BCUT2D eigenvalue weighted by molar-refractivity contribution is -0.154. The molecule has 0 bridgehead atoms. The first-order valence-corrected chi connectivity index (χ1v) is 5.59. The fraction of sp³-hybridized carbons (Fsp3) is 0.909. The number of rotatable bonds is 3. The van der Waals surface area contributed by atoms with Gasteiger partial charge in [-0.1, -0.05) is 6.92 Å². The van der Waals surface area contributed by atoms with Gasteiger partial charge in [0.2, 0.25) is 0 Å². The molecular formula is C11H21NO2. The van der Waals surface area contributed by atoms with E-state index in [1.54, 1.807) is 0 Å². The number of hydrogen-bond donors (Lipinski definition) is 1. The van der Waals surface area contributed by atoms with Gasteiger partial charge in [0, 0.05) is 6.04 Å². The molecule has 1 aliphatic rings. The third kappa shape index (κ3) is 3.29. The van der Waals surface area contributed by atoms with Gasteiger partial charge in [-0.3, -0.25) is 4.79 Å². The van der Waals surface area contributed by atoms with Crippen LogP contribution in [0.25, 0.3) is 0 Å². The summed E-state index contributed by atoms with van der Waals surface area (Å²) in [7, 11) is 0. The van der Waals surface area contributed by atoms with Crippen LogP contribution < -0.4 is 5.73 Å². The molecule has 0 amide bonds. The highest BCUT2D eigenvalue weighted by Crippen LogP contribution is 2.24. The highest BCUT2D eigenvalue weighted by atomic mass is 16.5. The summed E-state index contributed by atoms with van der Waals surface area (Å²) in [6, 6.07) is 0.294. The molecular weight excluding hydrogens is 178 g/mol. The van der Waals surface area contributed by atoms with Crippen molar-refractivity contribution < 1.29 is 9.53 Å². The van der Waals surface area contributed by atoms with Crippen molar-refractivity contribution in [2.45, 2.75) is 58.1 Å². The van der Waals surface area contributed by atoms with Crippen molar-refractivity contribution in [1.82, 2.24) is 0 Å². The van der Waals surface area contributed by atoms with Crippen molar-refractivity contribution in [2.24, 2.45) is 11.7 Å². The molecule has 1 aliphatic carbocycles. The molecule has 1 fully saturated rings. The van der Waals surface area contributed by atoms with Crippen molar-refractivity contribution in [2.75, 3.05) is 0 Å². The highest BCUT2D eigenvalue weighted by Gasteiger charge is 2.26. The zero-order valence-electron chi connectivity index (χ0n) is 9.16. The molecule has 1 unspecified atom stereocenters. The number of esters is 1. The van der Waals surface area contributed by atoms with Crippen molar-refractivity contribution >= 4 is 5.97 Å². The summed E-state index contributed by atoms with van der Waals surface area (Å²) in [5, 5.41) is 0. The Labute approximate surface area is 86.0 Å². The molecule has 0 spiro atoms. The van der Waals surface area contributed by atoms with Gasteiger partial charge in [-0.2, -0.15) is 0 Å².